The highest BCUT2D eigenvalue weighted by atomic mass is 35.5. The van der Waals surface area contributed by atoms with E-state index in [2.05, 4.69) is 30.7 Å². The number of oxime groups is 1. The summed E-state index contributed by atoms with van der Waals surface area (Å²) in [7, 11) is -2.73. The van der Waals surface area contributed by atoms with Crippen LogP contribution in [0, 0.1) is 5.41 Å². The quantitative estimate of drug-likeness (QED) is 0.250. The number of aliphatic imine (C=N–C) groups is 1. The predicted molar refractivity (Wildman–Crippen MR) is 135 cm³/mol. The summed E-state index contributed by atoms with van der Waals surface area (Å²) in [5.74, 6) is -0.868. The molecule has 0 aromatic carbocycles. The Bertz CT molecular complexity index is 1360. The lowest BCUT2D eigenvalue weighted by Crippen LogP contribution is -2.54. The van der Waals surface area contributed by atoms with Gasteiger partial charge in [0.1, 0.15) is 23.4 Å². The summed E-state index contributed by atoms with van der Waals surface area (Å²) in [6.07, 6.45) is 3.48. The molecule has 2 saturated heterocycles. The first-order valence-corrected chi connectivity index (χ1v) is 12.7. The van der Waals surface area contributed by atoms with Crippen molar-refractivity contribution in [3.05, 3.63) is 32.9 Å². The third-order valence-electron chi connectivity index (χ3n) is 5.87. The molecule has 1 aliphatic carbocycles. The van der Waals surface area contributed by atoms with E-state index in [1.165, 1.54) is 23.6 Å². The molecule has 0 saturated carbocycles. The van der Waals surface area contributed by atoms with Crippen LogP contribution in [-0.4, -0.2) is 78.3 Å². The molecule has 7 N–H and O–H groups in total. The van der Waals surface area contributed by atoms with E-state index in [4.69, 9.17) is 44.9 Å². The highest BCUT2D eigenvalue weighted by Crippen LogP contribution is 2.30. The summed E-state index contributed by atoms with van der Waals surface area (Å²) in [4.78, 5) is 28.7. The van der Waals surface area contributed by atoms with Crippen molar-refractivity contribution in [1.29, 1.82) is 5.41 Å². The van der Waals surface area contributed by atoms with Gasteiger partial charge in [-0.1, -0.05) is 28.4 Å². The van der Waals surface area contributed by atoms with Gasteiger partial charge in [-0.25, -0.2) is 18.4 Å². The molecule has 0 unspecified atom stereocenters. The van der Waals surface area contributed by atoms with Crippen molar-refractivity contribution < 1.29 is 18.0 Å². The molecule has 1 spiro atoms. The lowest BCUT2D eigenvalue weighted by molar-refractivity contribution is 0.0998. The van der Waals surface area contributed by atoms with Crippen molar-refractivity contribution in [2.75, 3.05) is 38.2 Å². The average Bonchev–Trinajstić information content (AvgIpc) is 3.21. The molecule has 2 fully saturated rings. The fourth-order valence-electron chi connectivity index (χ4n) is 3.95. The molecule has 3 heterocycles. The SMILES string of the molecule is CO/N=C1\C(=N)C(Cl)=CC=C1S(=O)(=O)N1CCC2(CC1)CN/C(=N\C(=O)c1nc(Cl)c(N)nc1N)N2. The van der Waals surface area contributed by atoms with E-state index < -0.39 is 21.5 Å². The fourth-order valence-corrected chi connectivity index (χ4v) is 5.79. The average molecular weight is 557 g/mol. The molecule has 0 radical (unpaired) electrons. The normalized spacial score (nSPS) is 22.2. The van der Waals surface area contributed by atoms with Crippen LogP contribution in [0.2, 0.25) is 5.15 Å². The second-order valence-electron chi connectivity index (χ2n) is 8.11. The molecule has 1 amide bonds. The van der Waals surface area contributed by atoms with Crippen LogP contribution in [0.4, 0.5) is 11.6 Å². The maximum absolute atomic E-state index is 13.3. The third-order valence-corrected chi connectivity index (χ3v) is 8.39. The van der Waals surface area contributed by atoms with Gasteiger partial charge in [0, 0.05) is 19.6 Å². The number of nitrogens with two attached hydrogens (primary N) is 2. The number of carbonyl (C=O) groups is 1. The van der Waals surface area contributed by atoms with Gasteiger partial charge in [0.2, 0.25) is 10.0 Å². The van der Waals surface area contributed by atoms with Crippen LogP contribution < -0.4 is 22.1 Å². The van der Waals surface area contributed by atoms with Gasteiger partial charge in [-0.05, 0) is 25.0 Å². The summed E-state index contributed by atoms with van der Waals surface area (Å²) in [6, 6.07) is 0. The van der Waals surface area contributed by atoms with E-state index in [9.17, 15) is 13.2 Å². The predicted octanol–water partition coefficient (Wildman–Crippen LogP) is 0.190. The Morgan fingerprint density at radius 3 is 2.58 bits per heavy atom. The maximum Gasteiger partial charge on any atom is 0.302 e. The second-order valence-corrected chi connectivity index (χ2v) is 10.8. The van der Waals surface area contributed by atoms with E-state index in [0.717, 1.165) is 0 Å². The number of amides is 1. The van der Waals surface area contributed by atoms with Gasteiger partial charge in [0.05, 0.1) is 10.6 Å². The molecule has 1 aromatic rings. The summed E-state index contributed by atoms with van der Waals surface area (Å²) in [5.41, 5.74) is 10.1. The molecule has 0 atom stereocenters. The minimum atomic E-state index is -3.98. The highest BCUT2D eigenvalue weighted by molar-refractivity contribution is 7.94. The molecule has 0 bridgehead atoms. The molecular weight excluding hydrogens is 535 g/mol. The van der Waals surface area contributed by atoms with Gasteiger partial charge >= 0.3 is 5.91 Å². The number of rotatable bonds is 4. The lowest BCUT2D eigenvalue weighted by atomic mass is 9.90. The van der Waals surface area contributed by atoms with Crippen LogP contribution in [0.3, 0.4) is 0 Å². The number of sulfonamides is 1. The summed E-state index contributed by atoms with van der Waals surface area (Å²) in [6.45, 7) is 0.762. The monoisotopic (exact) mass is 556 g/mol. The summed E-state index contributed by atoms with van der Waals surface area (Å²) >= 11 is 11.8. The number of piperidine rings is 1. The van der Waals surface area contributed by atoms with E-state index in [1.807, 2.05) is 0 Å². The molecule has 2 aliphatic heterocycles. The molecule has 4 rings (SSSR count). The number of halogens is 2. The maximum atomic E-state index is 13.3. The van der Waals surface area contributed by atoms with Gasteiger partial charge in [0.15, 0.2) is 28.4 Å². The number of allylic oxidation sites excluding steroid dienone is 4. The van der Waals surface area contributed by atoms with E-state index in [-0.39, 0.29) is 62.9 Å². The number of nitrogens with one attached hydrogen (secondary N) is 3. The molecule has 14 nitrogen and oxygen atoms in total. The van der Waals surface area contributed by atoms with E-state index in [1.54, 1.807) is 0 Å². The standard InChI is InChI=1S/C19H22Cl2N10O4S/c1-35-30-12-10(3-2-9(20)11(12)22)36(33,34)31-6-4-19(5-7-31)8-25-18(29-19)28-17(32)13-15(23)27-16(24)14(21)26-13/h2-3,22H,4-8H2,1H3,(H4,23,24,27)(H2,25,28,29,32)/b22-11?,30-12-. The smallest absolute Gasteiger partial charge is 0.302 e. The number of nitrogen functional groups attached to an aromatic ring is 2. The third kappa shape index (κ3) is 4.74. The van der Waals surface area contributed by atoms with Crippen molar-refractivity contribution in [3.63, 3.8) is 0 Å². The lowest BCUT2D eigenvalue weighted by Gasteiger charge is -2.38. The largest absolute Gasteiger partial charge is 0.399 e. The van der Waals surface area contributed by atoms with E-state index in [0.29, 0.717) is 19.4 Å². The van der Waals surface area contributed by atoms with E-state index >= 15 is 0 Å². The Kier molecular flexibility index (Phi) is 6.92. The number of aromatic nitrogens is 2. The van der Waals surface area contributed by atoms with Crippen molar-refractivity contribution in [1.82, 2.24) is 24.9 Å². The van der Waals surface area contributed by atoms with Crippen LogP contribution >= 0.6 is 23.2 Å². The van der Waals surface area contributed by atoms with Crippen molar-refractivity contribution in [2.24, 2.45) is 10.1 Å². The Morgan fingerprint density at radius 1 is 1.22 bits per heavy atom. The van der Waals surface area contributed by atoms with Gasteiger partial charge in [-0.3, -0.25) is 10.2 Å². The van der Waals surface area contributed by atoms with Crippen LogP contribution in [0.15, 0.2) is 32.2 Å². The number of carbonyl (C=O) groups excluding carboxylic acids is 1. The van der Waals surface area contributed by atoms with Crippen molar-refractivity contribution in [3.8, 4) is 0 Å². The van der Waals surface area contributed by atoms with Crippen LogP contribution in [0.5, 0.6) is 0 Å². The first kappa shape index (κ1) is 25.8. The van der Waals surface area contributed by atoms with Gasteiger partial charge in [-0.15, -0.1) is 0 Å². The van der Waals surface area contributed by atoms with Crippen molar-refractivity contribution >= 4 is 68.2 Å². The number of anilines is 2. The fraction of sp³-hybridized carbons (Fsp3) is 0.368. The zero-order valence-corrected chi connectivity index (χ0v) is 21.2. The number of hydrogen-bond donors (Lipinski definition) is 5. The Labute approximate surface area is 216 Å². The Morgan fingerprint density at radius 2 is 1.92 bits per heavy atom. The minimum absolute atomic E-state index is 0.0546. The number of guanidine groups is 1. The van der Waals surface area contributed by atoms with Gasteiger partial charge < -0.3 is 26.9 Å². The van der Waals surface area contributed by atoms with Crippen molar-refractivity contribution in [2.45, 2.75) is 18.4 Å². The molecular formula is C19H22Cl2N10O4S. The van der Waals surface area contributed by atoms with Crippen LogP contribution in [0.1, 0.15) is 23.3 Å². The summed E-state index contributed by atoms with van der Waals surface area (Å²) in [5, 5.41) is 17.8. The molecule has 17 heteroatoms. The minimum Gasteiger partial charge on any atom is -0.399 e. The number of nitrogens with zero attached hydrogens (tertiary/aromatic N) is 5. The molecule has 1 aromatic heterocycles. The molecule has 36 heavy (non-hydrogen) atoms. The first-order valence-electron chi connectivity index (χ1n) is 10.5. The zero-order chi connectivity index (χ0) is 26.3. The van der Waals surface area contributed by atoms with Gasteiger partial charge in [-0.2, -0.15) is 9.30 Å². The Hall–Kier alpha value is -3.27. The zero-order valence-electron chi connectivity index (χ0n) is 18.9. The number of hydrogen-bond acceptors (Lipinski definition) is 10. The highest BCUT2D eigenvalue weighted by Gasteiger charge is 2.44. The Balaban J connectivity index is 1.46. The van der Waals surface area contributed by atoms with Crippen LogP contribution in [0.25, 0.3) is 0 Å². The van der Waals surface area contributed by atoms with Gasteiger partial charge in [0.25, 0.3) is 0 Å². The molecule has 192 valence electrons. The second kappa shape index (κ2) is 9.65. The summed E-state index contributed by atoms with van der Waals surface area (Å²) < 4.78 is 28.0. The first-order chi connectivity index (χ1) is 17.0. The van der Waals surface area contributed by atoms with Crippen LogP contribution in [-0.2, 0) is 14.9 Å². The topological polar surface area (TPSA) is 214 Å². The molecule has 3 aliphatic rings.